The Morgan fingerprint density at radius 2 is 1.89 bits per heavy atom. The summed E-state index contributed by atoms with van der Waals surface area (Å²) < 4.78 is 3.09. The zero-order valence-corrected chi connectivity index (χ0v) is 20.3. The number of thiophene rings is 1. The van der Waals surface area contributed by atoms with Crippen LogP contribution in [0, 0.1) is 0 Å². The number of piperidine rings is 1. The second-order valence-electron chi connectivity index (χ2n) is 9.84. The number of carbonyl (C=O) groups is 2. The lowest BCUT2D eigenvalue weighted by atomic mass is 9.95. The fourth-order valence-corrected chi connectivity index (χ4v) is 6.94. The van der Waals surface area contributed by atoms with E-state index in [1.165, 1.54) is 0 Å². The molecular weight excluding hydrogens is 460 g/mol. The predicted molar refractivity (Wildman–Crippen MR) is 137 cm³/mol. The molecule has 0 radical (unpaired) electrons. The van der Waals surface area contributed by atoms with E-state index < -0.39 is 0 Å². The third-order valence-corrected chi connectivity index (χ3v) is 8.73. The van der Waals surface area contributed by atoms with Crippen LogP contribution in [-0.2, 0) is 9.59 Å². The van der Waals surface area contributed by atoms with Gasteiger partial charge in [0.2, 0.25) is 0 Å². The molecule has 178 valence electrons. The number of benzene rings is 1. The van der Waals surface area contributed by atoms with Crippen LogP contribution in [0.4, 0.5) is 0 Å². The Balaban J connectivity index is 1.37. The highest BCUT2D eigenvalue weighted by Crippen LogP contribution is 2.40. The number of aromatic nitrogens is 3. The number of imide groups is 1. The topological polar surface area (TPSA) is 86.3 Å². The highest BCUT2D eigenvalue weighted by atomic mass is 32.1. The molecule has 3 aliphatic rings. The lowest BCUT2D eigenvalue weighted by molar-refractivity contribution is -0.122. The van der Waals surface area contributed by atoms with Crippen molar-refractivity contribution in [2.45, 2.75) is 24.9 Å². The van der Waals surface area contributed by atoms with Crippen LogP contribution in [0.5, 0.6) is 0 Å². The minimum Gasteiger partial charge on any atom is -0.360 e. The van der Waals surface area contributed by atoms with Crippen LogP contribution in [0.25, 0.3) is 32.3 Å². The number of H-pyrrole nitrogens is 1. The first-order valence-corrected chi connectivity index (χ1v) is 13.0. The summed E-state index contributed by atoms with van der Waals surface area (Å²) in [5.74, 6) is -0.744. The van der Waals surface area contributed by atoms with Crippen molar-refractivity contribution < 1.29 is 9.59 Å². The summed E-state index contributed by atoms with van der Waals surface area (Å²) in [6, 6.07) is 10.8. The number of carbonyl (C=O) groups excluding carboxylic acids is 2. The predicted octanol–water partition coefficient (Wildman–Crippen LogP) is 3.10. The van der Waals surface area contributed by atoms with Crippen molar-refractivity contribution >= 4 is 55.4 Å². The van der Waals surface area contributed by atoms with E-state index in [0.717, 1.165) is 65.7 Å². The molecule has 2 fully saturated rings. The summed E-state index contributed by atoms with van der Waals surface area (Å²) >= 11 is 1.56. The number of likely N-dealkylation sites (N-methyl/N-ethyl adjacent to an activating group) is 1. The van der Waals surface area contributed by atoms with Gasteiger partial charge in [0, 0.05) is 49.4 Å². The Labute approximate surface area is 206 Å². The largest absolute Gasteiger partial charge is 0.360 e. The Morgan fingerprint density at radius 3 is 2.80 bits per heavy atom. The average molecular weight is 487 g/mol. The molecule has 2 N–H and O–H groups in total. The molecule has 6 heterocycles. The molecule has 3 aliphatic heterocycles. The standard InChI is InChI=1S/C26H26N6O2S/c1-30-9-10-31-8-6-15(12-16(31)14-30)32-20-5-3-2-4-17(20)23(29-32)22-21(25(33)28-26(22)34)18-13-27-19-7-11-35-24(18)19/h2-5,7,11,13,15-16,27H,6,8-10,12,14H2,1H3,(H,28,33,34). The second kappa shape index (κ2) is 7.87. The third kappa shape index (κ3) is 3.22. The Hall–Kier alpha value is -3.27. The van der Waals surface area contributed by atoms with Crippen LogP contribution in [0.2, 0.25) is 0 Å². The zero-order chi connectivity index (χ0) is 23.7. The average Bonchev–Trinajstić information content (AvgIpc) is 3.61. The van der Waals surface area contributed by atoms with E-state index in [1.807, 2.05) is 35.8 Å². The van der Waals surface area contributed by atoms with Gasteiger partial charge in [0.25, 0.3) is 11.8 Å². The molecule has 35 heavy (non-hydrogen) atoms. The van der Waals surface area contributed by atoms with Gasteiger partial charge in [0.15, 0.2) is 0 Å². The number of nitrogens with zero attached hydrogens (tertiary/aromatic N) is 4. The van der Waals surface area contributed by atoms with Gasteiger partial charge in [-0.3, -0.25) is 24.5 Å². The van der Waals surface area contributed by atoms with Crippen molar-refractivity contribution in [3.8, 4) is 0 Å². The number of aromatic amines is 1. The molecule has 9 heteroatoms. The minimum atomic E-state index is -0.380. The summed E-state index contributed by atoms with van der Waals surface area (Å²) in [6.07, 6.45) is 3.87. The van der Waals surface area contributed by atoms with Gasteiger partial charge in [0.05, 0.1) is 32.9 Å². The molecule has 0 aliphatic carbocycles. The first-order chi connectivity index (χ1) is 17.1. The van der Waals surface area contributed by atoms with Crippen LogP contribution < -0.4 is 5.32 Å². The Kier molecular flexibility index (Phi) is 4.74. The molecule has 0 bridgehead atoms. The minimum absolute atomic E-state index is 0.252. The van der Waals surface area contributed by atoms with Gasteiger partial charge in [-0.15, -0.1) is 11.3 Å². The highest BCUT2D eigenvalue weighted by Gasteiger charge is 2.38. The van der Waals surface area contributed by atoms with Crippen molar-refractivity contribution in [2.24, 2.45) is 0 Å². The lowest BCUT2D eigenvalue weighted by Gasteiger charge is -2.45. The normalized spacial score (nSPS) is 24.0. The van der Waals surface area contributed by atoms with Crippen molar-refractivity contribution in [1.29, 1.82) is 0 Å². The Bertz CT molecular complexity index is 1530. The van der Waals surface area contributed by atoms with Crippen LogP contribution in [0.1, 0.15) is 30.1 Å². The zero-order valence-electron chi connectivity index (χ0n) is 19.5. The van der Waals surface area contributed by atoms with E-state index in [0.29, 0.717) is 22.9 Å². The maximum atomic E-state index is 13.2. The molecule has 4 aromatic rings. The second-order valence-corrected chi connectivity index (χ2v) is 10.8. The quantitative estimate of drug-likeness (QED) is 0.435. The van der Waals surface area contributed by atoms with E-state index in [4.69, 9.17) is 5.10 Å². The monoisotopic (exact) mass is 486 g/mol. The van der Waals surface area contributed by atoms with Crippen LogP contribution in [0.3, 0.4) is 0 Å². The van der Waals surface area contributed by atoms with Gasteiger partial charge < -0.3 is 9.88 Å². The molecular formula is C26H26N6O2S. The lowest BCUT2D eigenvalue weighted by Crippen LogP contribution is -2.55. The molecule has 2 amide bonds. The fraction of sp³-hybridized carbons (Fsp3) is 0.346. The van der Waals surface area contributed by atoms with E-state index in [1.54, 1.807) is 11.3 Å². The van der Waals surface area contributed by atoms with Gasteiger partial charge in [0.1, 0.15) is 5.69 Å². The summed E-state index contributed by atoms with van der Waals surface area (Å²) in [4.78, 5) is 34.4. The van der Waals surface area contributed by atoms with Gasteiger partial charge in [-0.05, 0) is 37.4 Å². The first kappa shape index (κ1) is 21.0. The SMILES string of the molecule is CN1CCN2CCC(n3nc(C4=C(c5c[nH]c6ccsc56)C(=O)NC4=O)c4ccccc43)CC2C1. The van der Waals surface area contributed by atoms with Crippen LogP contribution >= 0.6 is 11.3 Å². The van der Waals surface area contributed by atoms with E-state index in [9.17, 15) is 9.59 Å². The summed E-state index contributed by atoms with van der Waals surface area (Å²) in [5.41, 5.74) is 4.10. The van der Waals surface area contributed by atoms with E-state index >= 15 is 0 Å². The number of para-hydroxylation sites is 1. The molecule has 3 aromatic heterocycles. The van der Waals surface area contributed by atoms with Gasteiger partial charge in [-0.2, -0.15) is 5.10 Å². The van der Waals surface area contributed by atoms with Gasteiger partial charge in [-0.1, -0.05) is 18.2 Å². The highest BCUT2D eigenvalue weighted by molar-refractivity contribution is 7.17. The van der Waals surface area contributed by atoms with E-state index in [2.05, 4.69) is 37.9 Å². The number of nitrogens with one attached hydrogen (secondary N) is 2. The summed E-state index contributed by atoms with van der Waals surface area (Å²) in [5, 5.41) is 10.5. The molecule has 2 atom stereocenters. The number of rotatable bonds is 3. The maximum Gasteiger partial charge on any atom is 0.261 e. The molecule has 2 unspecified atom stereocenters. The number of hydrogen-bond donors (Lipinski definition) is 2. The summed E-state index contributed by atoms with van der Waals surface area (Å²) in [7, 11) is 2.19. The van der Waals surface area contributed by atoms with Crippen molar-refractivity contribution in [3.63, 3.8) is 0 Å². The van der Waals surface area contributed by atoms with Crippen molar-refractivity contribution in [3.05, 3.63) is 53.2 Å². The fourth-order valence-electron chi connectivity index (χ4n) is 6.06. The van der Waals surface area contributed by atoms with Crippen LogP contribution in [-0.4, -0.2) is 75.6 Å². The molecule has 0 saturated carbocycles. The smallest absolute Gasteiger partial charge is 0.261 e. The van der Waals surface area contributed by atoms with Gasteiger partial charge in [-0.25, -0.2) is 0 Å². The Morgan fingerprint density at radius 1 is 1.03 bits per heavy atom. The molecule has 8 nitrogen and oxygen atoms in total. The van der Waals surface area contributed by atoms with E-state index in [-0.39, 0.29) is 17.9 Å². The number of fused-ring (bicyclic) bond motifs is 3. The summed E-state index contributed by atoms with van der Waals surface area (Å²) in [6.45, 7) is 4.36. The van der Waals surface area contributed by atoms with Crippen molar-refractivity contribution in [1.82, 2.24) is 29.9 Å². The third-order valence-electron chi connectivity index (χ3n) is 7.78. The molecule has 1 aromatic carbocycles. The molecule has 2 saturated heterocycles. The van der Waals surface area contributed by atoms with Crippen molar-refractivity contribution in [2.75, 3.05) is 33.2 Å². The first-order valence-electron chi connectivity index (χ1n) is 12.1. The maximum absolute atomic E-state index is 13.2. The molecule has 7 rings (SSSR count). The number of amides is 2. The van der Waals surface area contributed by atoms with Crippen LogP contribution in [0.15, 0.2) is 41.9 Å². The number of hydrogen-bond acceptors (Lipinski definition) is 6. The van der Waals surface area contributed by atoms with Gasteiger partial charge >= 0.3 is 0 Å². The number of piperazine rings is 1. The molecule has 0 spiro atoms.